The van der Waals surface area contributed by atoms with Crippen LogP contribution in [0.25, 0.3) is 0 Å². The zero-order valence-electron chi connectivity index (χ0n) is 10.2. The molecule has 3 nitrogen and oxygen atoms in total. The third-order valence-corrected chi connectivity index (χ3v) is 3.73. The highest BCUT2D eigenvalue weighted by Crippen LogP contribution is 2.21. The van der Waals surface area contributed by atoms with E-state index in [1.165, 1.54) is 11.8 Å². The van der Waals surface area contributed by atoms with Gasteiger partial charge in [0, 0.05) is 12.3 Å². The van der Waals surface area contributed by atoms with Crippen molar-refractivity contribution in [1.82, 2.24) is 0 Å². The van der Waals surface area contributed by atoms with Gasteiger partial charge in [0.15, 0.2) is 0 Å². The predicted molar refractivity (Wildman–Crippen MR) is 67.3 cm³/mol. The maximum Gasteiger partial charge on any atom is 0.149 e. The molecule has 0 spiro atoms. The summed E-state index contributed by atoms with van der Waals surface area (Å²) in [6.45, 7) is 6.00. The molecule has 0 saturated heterocycles. The molecule has 0 aliphatic heterocycles. The standard InChI is InChI=1S/C12H19NO2S/c1-8-5-10(3)11(6-9(8)2)12(13)7-16(4,14)15/h5-6,12H,7,13H2,1-4H3. The second-order valence-electron chi connectivity index (χ2n) is 4.49. The molecule has 1 aromatic carbocycles. The molecular weight excluding hydrogens is 222 g/mol. The maximum atomic E-state index is 11.2. The van der Waals surface area contributed by atoms with E-state index in [1.54, 1.807) is 0 Å². The minimum absolute atomic E-state index is 0.00363. The van der Waals surface area contributed by atoms with E-state index in [1.807, 2.05) is 32.9 Å². The van der Waals surface area contributed by atoms with Crippen molar-refractivity contribution in [2.75, 3.05) is 12.0 Å². The Labute approximate surface area is 97.6 Å². The fourth-order valence-corrected chi connectivity index (χ4v) is 2.63. The van der Waals surface area contributed by atoms with Gasteiger partial charge in [-0.25, -0.2) is 8.42 Å². The van der Waals surface area contributed by atoms with Crippen molar-refractivity contribution in [2.24, 2.45) is 5.73 Å². The van der Waals surface area contributed by atoms with Crippen LogP contribution in [0.4, 0.5) is 0 Å². The molecule has 1 rings (SSSR count). The molecule has 1 unspecified atom stereocenters. The Morgan fingerprint density at radius 2 is 1.62 bits per heavy atom. The zero-order valence-corrected chi connectivity index (χ0v) is 11.1. The summed E-state index contributed by atoms with van der Waals surface area (Å²) in [5, 5.41) is 0. The first-order valence-corrected chi connectivity index (χ1v) is 7.28. The summed E-state index contributed by atoms with van der Waals surface area (Å²) in [7, 11) is -3.04. The van der Waals surface area contributed by atoms with Gasteiger partial charge in [-0.15, -0.1) is 0 Å². The molecule has 1 aromatic rings. The van der Waals surface area contributed by atoms with E-state index >= 15 is 0 Å². The van der Waals surface area contributed by atoms with Crippen molar-refractivity contribution in [3.8, 4) is 0 Å². The summed E-state index contributed by atoms with van der Waals surface area (Å²) < 4.78 is 22.4. The Morgan fingerprint density at radius 1 is 1.12 bits per heavy atom. The van der Waals surface area contributed by atoms with E-state index in [9.17, 15) is 8.42 Å². The third-order valence-electron chi connectivity index (χ3n) is 2.76. The van der Waals surface area contributed by atoms with E-state index in [0.29, 0.717) is 0 Å². The summed E-state index contributed by atoms with van der Waals surface area (Å²) in [5.74, 6) is -0.00363. The average Bonchev–Trinajstić information content (AvgIpc) is 2.08. The number of hydrogen-bond donors (Lipinski definition) is 1. The van der Waals surface area contributed by atoms with Crippen LogP contribution in [0.3, 0.4) is 0 Å². The van der Waals surface area contributed by atoms with Gasteiger partial charge in [0.1, 0.15) is 9.84 Å². The molecule has 2 N–H and O–H groups in total. The quantitative estimate of drug-likeness (QED) is 0.875. The van der Waals surface area contributed by atoms with Gasteiger partial charge in [-0.2, -0.15) is 0 Å². The first-order valence-electron chi connectivity index (χ1n) is 5.22. The minimum Gasteiger partial charge on any atom is -0.323 e. The van der Waals surface area contributed by atoms with Crippen LogP contribution in [0.15, 0.2) is 12.1 Å². The fraction of sp³-hybridized carbons (Fsp3) is 0.500. The van der Waals surface area contributed by atoms with Crippen LogP contribution in [0.2, 0.25) is 0 Å². The van der Waals surface area contributed by atoms with E-state index in [-0.39, 0.29) is 5.75 Å². The third kappa shape index (κ3) is 3.32. The SMILES string of the molecule is Cc1cc(C)c(C(N)CS(C)(=O)=O)cc1C. The second-order valence-corrected chi connectivity index (χ2v) is 6.68. The van der Waals surface area contributed by atoms with Crippen LogP contribution in [-0.4, -0.2) is 20.4 Å². The number of benzene rings is 1. The largest absolute Gasteiger partial charge is 0.323 e. The Morgan fingerprint density at radius 3 is 2.12 bits per heavy atom. The topological polar surface area (TPSA) is 60.2 Å². The Balaban J connectivity index is 3.09. The number of aryl methyl sites for hydroxylation is 3. The van der Waals surface area contributed by atoms with Crippen molar-refractivity contribution < 1.29 is 8.42 Å². The van der Waals surface area contributed by atoms with E-state index in [0.717, 1.165) is 16.7 Å². The summed E-state index contributed by atoms with van der Waals surface area (Å²) in [4.78, 5) is 0. The van der Waals surface area contributed by atoms with Crippen molar-refractivity contribution in [3.63, 3.8) is 0 Å². The highest BCUT2D eigenvalue weighted by molar-refractivity contribution is 7.90. The molecule has 0 saturated carbocycles. The molecule has 0 bridgehead atoms. The molecule has 4 heteroatoms. The summed E-state index contributed by atoms with van der Waals surface area (Å²) >= 11 is 0. The van der Waals surface area contributed by atoms with Crippen molar-refractivity contribution in [1.29, 1.82) is 0 Å². The number of hydrogen-bond acceptors (Lipinski definition) is 3. The van der Waals surface area contributed by atoms with E-state index in [4.69, 9.17) is 5.73 Å². The summed E-state index contributed by atoms with van der Waals surface area (Å²) in [5.41, 5.74) is 10.2. The highest BCUT2D eigenvalue weighted by atomic mass is 32.2. The molecule has 0 fully saturated rings. The molecule has 0 aliphatic rings. The Bertz CT molecular complexity index is 492. The number of sulfone groups is 1. The Hall–Kier alpha value is -0.870. The second kappa shape index (κ2) is 4.55. The lowest BCUT2D eigenvalue weighted by atomic mass is 9.97. The number of nitrogens with two attached hydrogens (primary N) is 1. The minimum atomic E-state index is -3.04. The van der Waals surface area contributed by atoms with E-state index in [2.05, 4.69) is 0 Å². The number of rotatable bonds is 3. The van der Waals surface area contributed by atoms with Gasteiger partial charge in [0.25, 0.3) is 0 Å². The maximum absolute atomic E-state index is 11.2. The van der Waals surface area contributed by atoms with Crippen LogP contribution in [-0.2, 0) is 9.84 Å². The first kappa shape index (κ1) is 13.2. The van der Waals surface area contributed by atoms with Crippen LogP contribution in [0.5, 0.6) is 0 Å². The molecular formula is C12H19NO2S. The van der Waals surface area contributed by atoms with Crippen molar-refractivity contribution >= 4 is 9.84 Å². The molecule has 16 heavy (non-hydrogen) atoms. The molecule has 1 atom stereocenters. The smallest absolute Gasteiger partial charge is 0.149 e. The zero-order chi connectivity index (χ0) is 12.5. The van der Waals surface area contributed by atoms with Gasteiger partial charge in [-0.05, 0) is 43.0 Å². The van der Waals surface area contributed by atoms with Gasteiger partial charge in [-0.3, -0.25) is 0 Å². The van der Waals surface area contributed by atoms with Gasteiger partial charge in [0.05, 0.1) is 5.75 Å². The van der Waals surface area contributed by atoms with Gasteiger partial charge >= 0.3 is 0 Å². The predicted octanol–water partition coefficient (Wildman–Crippen LogP) is 1.66. The molecule has 0 aromatic heterocycles. The summed E-state index contributed by atoms with van der Waals surface area (Å²) in [6.07, 6.45) is 1.21. The van der Waals surface area contributed by atoms with Crippen LogP contribution < -0.4 is 5.73 Å². The summed E-state index contributed by atoms with van der Waals surface area (Å²) in [6, 6.07) is 3.60. The van der Waals surface area contributed by atoms with E-state index < -0.39 is 15.9 Å². The van der Waals surface area contributed by atoms with Gasteiger partial charge < -0.3 is 5.73 Å². The lowest BCUT2D eigenvalue weighted by Crippen LogP contribution is -2.21. The molecule has 0 amide bonds. The first-order chi connectivity index (χ1) is 7.20. The lowest BCUT2D eigenvalue weighted by molar-refractivity contribution is 0.594. The van der Waals surface area contributed by atoms with Gasteiger partial charge in [-0.1, -0.05) is 12.1 Å². The molecule has 90 valence electrons. The molecule has 0 aliphatic carbocycles. The lowest BCUT2D eigenvalue weighted by Gasteiger charge is -2.16. The van der Waals surface area contributed by atoms with Gasteiger partial charge in [0.2, 0.25) is 0 Å². The average molecular weight is 241 g/mol. The van der Waals surface area contributed by atoms with Crippen LogP contribution >= 0.6 is 0 Å². The normalized spacial score (nSPS) is 13.8. The van der Waals surface area contributed by atoms with Crippen molar-refractivity contribution in [3.05, 3.63) is 34.4 Å². The molecule has 0 radical (unpaired) electrons. The van der Waals surface area contributed by atoms with Crippen LogP contribution in [0.1, 0.15) is 28.3 Å². The Kier molecular flexibility index (Phi) is 3.76. The van der Waals surface area contributed by atoms with Crippen molar-refractivity contribution in [2.45, 2.75) is 26.8 Å². The molecule has 0 heterocycles. The van der Waals surface area contributed by atoms with Crippen LogP contribution in [0, 0.1) is 20.8 Å². The highest BCUT2D eigenvalue weighted by Gasteiger charge is 2.15. The monoisotopic (exact) mass is 241 g/mol. The fourth-order valence-electron chi connectivity index (χ4n) is 1.80.